The number of aryl methyl sites for hydroxylation is 1. The van der Waals surface area contributed by atoms with Crippen molar-refractivity contribution in [1.29, 1.82) is 0 Å². The lowest BCUT2D eigenvalue weighted by atomic mass is 10.2. The summed E-state index contributed by atoms with van der Waals surface area (Å²) in [6.07, 6.45) is 0.934. The molecule has 0 atom stereocenters. The van der Waals surface area contributed by atoms with Crippen molar-refractivity contribution in [3.05, 3.63) is 57.2 Å². The van der Waals surface area contributed by atoms with Gasteiger partial charge in [-0.05, 0) is 77.1 Å². The fraction of sp³-hybridized carbons (Fsp3) is 0.211. The lowest BCUT2D eigenvalue weighted by Gasteiger charge is -2.12. The predicted molar refractivity (Wildman–Crippen MR) is 118 cm³/mol. The van der Waals surface area contributed by atoms with Crippen molar-refractivity contribution < 1.29 is 19.1 Å². The summed E-state index contributed by atoms with van der Waals surface area (Å²) in [5.74, 6) is 0.432. The minimum absolute atomic E-state index is 0.0310. The largest absolute Gasteiger partial charge is 0.496 e. The summed E-state index contributed by atoms with van der Waals surface area (Å²) in [7, 11) is 1.56. The maximum Gasteiger partial charge on any atom is 0.276 e. The molecule has 9 heteroatoms. The number of rotatable bonds is 6. The molecule has 0 heterocycles. The maximum atomic E-state index is 12.2. The van der Waals surface area contributed by atoms with E-state index in [0.717, 1.165) is 9.99 Å². The van der Waals surface area contributed by atoms with E-state index in [9.17, 15) is 9.59 Å². The zero-order chi connectivity index (χ0) is 20.5. The second kappa shape index (κ2) is 10.8. The van der Waals surface area contributed by atoms with Crippen LogP contribution in [-0.2, 0) is 11.2 Å². The summed E-state index contributed by atoms with van der Waals surface area (Å²) in [6, 6.07) is 12.5. The van der Waals surface area contributed by atoms with Crippen molar-refractivity contribution in [3.8, 4) is 11.5 Å². The Bertz CT molecular complexity index is 859. The summed E-state index contributed by atoms with van der Waals surface area (Å²) in [5, 5.41) is 2.45. The Morgan fingerprint density at radius 1 is 1.11 bits per heavy atom. The molecule has 0 aliphatic rings. The highest BCUT2D eigenvalue weighted by Crippen LogP contribution is 2.21. The van der Waals surface area contributed by atoms with Gasteiger partial charge in [0.25, 0.3) is 11.8 Å². The number of ether oxygens (including phenoxy) is 2. The fourth-order valence-electron chi connectivity index (χ4n) is 2.15. The molecule has 0 saturated heterocycles. The second-order valence-corrected chi connectivity index (χ2v) is 7.16. The smallest absolute Gasteiger partial charge is 0.276 e. The standard InChI is InChI=1S/C19H20IN3O4S/c1-3-12-4-7-14(8-5-12)27-11-17(24)22-23-19(28)21-18(25)13-6-9-16(26-2)15(20)10-13/h4-10H,3,11H2,1-2H3,(H,22,24)(H2,21,23,25,28). The zero-order valence-electron chi connectivity index (χ0n) is 15.4. The Balaban J connectivity index is 1.75. The normalized spacial score (nSPS) is 9.96. The van der Waals surface area contributed by atoms with Gasteiger partial charge >= 0.3 is 0 Å². The Kier molecular flexibility index (Phi) is 8.45. The molecule has 0 bridgehead atoms. The van der Waals surface area contributed by atoms with Crippen LogP contribution in [-0.4, -0.2) is 30.6 Å². The maximum absolute atomic E-state index is 12.2. The molecule has 7 nitrogen and oxygen atoms in total. The van der Waals surface area contributed by atoms with E-state index in [1.165, 1.54) is 5.56 Å². The van der Waals surface area contributed by atoms with Crippen molar-refractivity contribution >= 4 is 51.7 Å². The molecule has 2 rings (SSSR count). The number of methoxy groups -OCH3 is 1. The van der Waals surface area contributed by atoms with Gasteiger partial charge in [0.2, 0.25) is 0 Å². The Morgan fingerprint density at radius 2 is 1.82 bits per heavy atom. The molecule has 148 valence electrons. The van der Waals surface area contributed by atoms with E-state index in [1.807, 2.05) is 12.1 Å². The van der Waals surface area contributed by atoms with Crippen LogP contribution in [0.5, 0.6) is 11.5 Å². The van der Waals surface area contributed by atoms with E-state index in [4.69, 9.17) is 21.7 Å². The van der Waals surface area contributed by atoms with Crippen molar-refractivity contribution in [1.82, 2.24) is 16.2 Å². The zero-order valence-corrected chi connectivity index (χ0v) is 18.3. The van der Waals surface area contributed by atoms with E-state index in [-0.39, 0.29) is 11.7 Å². The highest BCUT2D eigenvalue weighted by atomic mass is 127. The summed E-state index contributed by atoms with van der Waals surface area (Å²) in [4.78, 5) is 24.0. The molecule has 28 heavy (non-hydrogen) atoms. The lowest BCUT2D eigenvalue weighted by Crippen LogP contribution is -2.49. The van der Waals surface area contributed by atoms with Crippen LogP contribution >= 0.6 is 34.8 Å². The van der Waals surface area contributed by atoms with Crippen molar-refractivity contribution in [2.45, 2.75) is 13.3 Å². The predicted octanol–water partition coefficient (Wildman–Crippen LogP) is 2.58. The van der Waals surface area contributed by atoms with Crippen LogP contribution in [0.2, 0.25) is 0 Å². The first-order valence-electron chi connectivity index (χ1n) is 8.38. The van der Waals surface area contributed by atoms with Gasteiger partial charge in [0.15, 0.2) is 11.7 Å². The lowest BCUT2D eigenvalue weighted by molar-refractivity contribution is -0.123. The summed E-state index contributed by atoms with van der Waals surface area (Å²) in [6.45, 7) is 1.87. The number of carbonyl (C=O) groups excluding carboxylic acids is 2. The van der Waals surface area contributed by atoms with E-state index in [2.05, 4.69) is 45.7 Å². The first-order chi connectivity index (χ1) is 13.4. The Labute approximate surface area is 182 Å². The van der Waals surface area contributed by atoms with Gasteiger partial charge in [-0.2, -0.15) is 0 Å². The number of hydrazine groups is 1. The molecule has 0 unspecified atom stereocenters. The van der Waals surface area contributed by atoms with Crippen molar-refractivity contribution in [3.63, 3.8) is 0 Å². The van der Waals surface area contributed by atoms with Crippen LogP contribution in [0.1, 0.15) is 22.8 Å². The van der Waals surface area contributed by atoms with Crippen LogP contribution < -0.4 is 25.6 Å². The third kappa shape index (κ3) is 6.64. The highest BCUT2D eigenvalue weighted by molar-refractivity contribution is 14.1. The molecule has 2 aromatic rings. The van der Waals surface area contributed by atoms with Crippen LogP contribution in [0.4, 0.5) is 0 Å². The Morgan fingerprint density at radius 3 is 2.43 bits per heavy atom. The number of hydrogen-bond acceptors (Lipinski definition) is 5. The molecule has 2 amide bonds. The molecule has 2 aromatic carbocycles. The molecule has 0 aromatic heterocycles. The highest BCUT2D eigenvalue weighted by Gasteiger charge is 2.11. The molecular weight excluding hydrogens is 493 g/mol. The average molecular weight is 513 g/mol. The number of halogens is 1. The molecule has 0 aliphatic carbocycles. The molecule has 0 saturated carbocycles. The van der Waals surface area contributed by atoms with E-state index in [1.54, 1.807) is 37.4 Å². The first-order valence-corrected chi connectivity index (χ1v) is 9.87. The van der Waals surface area contributed by atoms with Crippen molar-refractivity contribution in [2.24, 2.45) is 0 Å². The minimum atomic E-state index is -0.435. The van der Waals surface area contributed by atoms with Gasteiger partial charge in [-0.15, -0.1) is 0 Å². The molecular formula is C19H20IN3O4S. The molecule has 0 radical (unpaired) electrons. The van der Waals surface area contributed by atoms with E-state index >= 15 is 0 Å². The van der Waals surface area contributed by atoms with Crippen LogP contribution in [0.25, 0.3) is 0 Å². The third-order valence-electron chi connectivity index (χ3n) is 3.66. The van der Waals surface area contributed by atoms with Gasteiger partial charge in [-0.25, -0.2) is 0 Å². The topological polar surface area (TPSA) is 88.7 Å². The second-order valence-electron chi connectivity index (χ2n) is 5.59. The first kappa shape index (κ1) is 21.9. The minimum Gasteiger partial charge on any atom is -0.496 e. The van der Waals surface area contributed by atoms with E-state index in [0.29, 0.717) is 17.1 Å². The molecule has 0 aliphatic heterocycles. The number of amides is 2. The molecule has 0 fully saturated rings. The Hall–Kier alpha value is -2.40. The number of nitrogens with one attached hydrogen (secondary N) is 3. The average Bonchev–Trinajstić information content (AvgIpc) is 2.70. The quantitative estimate of drug-likeness (QED) is 0.313. The van der Waals surface area contributed by atoms with Crippen LogP contribution in [0.3, 0.4) is 0 Å². The van der Waals surface area contributed by atoms with Gasteiger partial charge in [0, 0.05) is 5.56 Å². The summed E-state index contributed by atoms with van der Waals surface area (Å²) < 4.78 is 11.3. The van der Waals surface area contributed by atoms with Crippen LogP contribution in [0.15, 0.2) is 42.5 Å². The number of hydrogen-bond donors (Lipinski definition) is 3. The number of thiocarbonyl (C=S) groups is 1. The van der Waals surface area contributed by atoms with Gasteiger partial charge in [-0.3, -0.25) is 25.8 Å². The van der Waals surface area contributed by atoms with E-state index < -0.39 is 11.8 Å². The summed E-state index contributed by atoms with van der Waals surface area (Å²) in [5.41, 5.74) is 6.44. The van der Waals surface area contributed by atoms with Gasteiger partial charge < -0.3 is 9.47 Å². The van der Waals surface area contributed by atoms with Crippen LogP contribution in [0, 0.1) is 3.57 Å². The monoisotopic (exact) mass is 513 g/mol. The van der Waals surface area contributed by atoms with Gasteiger partial charge in [0.05, 0.1) is 10.7 Å². The molecule has 3 N–H and O–H groups in total. The van der Waals surface area contributed by atoms with Gasteiger partial charge in [0.1, 0.15) is 11.5 Å². The fourth-order valence-corrected chi connectivity index (χ4v) is 3.03. The molecule has 0 spiro atoms. The SMILES string of the molecule is CCc1ccc(OCC(=O)NNC(=S)NC(=O)c2ccc(OC)c(I)c2)cc1. The van der Waals surface area contributed by atoms with Crippen molar-refractivity contribution in [2.75, 3.05) is 13.7 Å². The third-order valence-corrected chi connectivity index (χ3v) is 4.71. The summed E-state index contributed by atoms with van der Waals surface area (Å²) >= 11 is 7.08. The number of carbonyl (C=O) groups is 2. The number of benzene rings is 2. The van der Waals surface area contributed by atoms with Gasteiger partial charge in [-0.1, -0.05) is 19.1 Å².